The summed E-state index contributed by atoms with van der Waals surface area (Å²) in [5.74, 6) is 1.59. The van der Waals surface area contributed by atoms with Crippen molar-refractivity contribution in [3.05, 3.63) is 18.3 Å². The number of alkyl halides is 1. The second-order valence-corrected chi connectivity index (χ2v) is 4.12. The maximum absolute atomic E-state index is 6.04. The van der Waals surface area contributed by atoms with E-state index >= 15 is 0 Å². The number of nitrogens with zero attached hydrogens (tertiary/aromatic N) is 1. The van der Waals surface area contributed by atoms with Crippen molar-refractivity contribution in [1.82, 2.24) is 4.98 Å². The Bertz CT molecular complexity index is 307. The van der Waals surface area contributed by atoms with E-state index in [4.69, 9.17) is 16.3 Å². The van der Waals surface area contributed by atoms with Gasteiger partial charge in [-0.15, -0.1) is 11.6 Å². The lowest BCUT2D eigenvalue weighted by Gasteiger charge is -2.12. The Kier molecular flexibility index (Phi) is 6.01. The number of hydrogen-bond donors (Lipinski definition) is 1. The second kappa shape index (κ2) is 7.34. The molecule has 0 saturated heterocycles. The van der Waals surface area contributed by atoms with E-state index in [1.807, 2.05) is 19.1 Å². The van der Waals surface area contributed by atoms with E-state index in [-0.39, 0.29) is 5.38 Å². The molecule has 1 aromatic heterocycles. The van der Waals surface area contributed by atoms with Gasteiger partial charge in [-0.3, -0.25) is 0 Å². The highest BCUT2D eigenvalue weighted by molar-refractivity contribution is 6.20. The number of aromatic nitrogens is 1. The van der Waals surface area contributed by atoms with Crippen LogP contribution in [0.15, 0.2) is 18.3 Å². The Hall–Kier alpha value is -0.960. The van der Waals surface area contributed by atoms with Crippen molar-refractivity contribution in [2.75, 3.05) is 18.5 Å². The van der Waals surface area contributed by atoms with E-state index in [1.165, 1.54) is 0 Å². The Balaban J connectivity index is 2.46. The average molecular weight is 243 g/mol. The maximum Gasteiger partial charge on any atom is 0.168 e. The van der Waals surface area contributed by atoms with E-state index in [0.29, 0.717) is 6.61 Å². The molecule has 0 bridgehead atoms. The van der Waals surface area contributed by atoms with Gasteiger partial charge in [0.2, 0.25) is 0 Å². The summed E-state index contributed by atoms with van der Waals surface area (Å²) >= 11 is 6.04. The fraction of sp³-hybridized carbons (Fsp3) is 0.583. The molecule has 0 aromatic carbocycles. The van der Waals surface area contributed by atoms with Gasteiger partial charge >= 0.3 is 0 Å². The molecule has 0 aliphatic rings. The van der Waals surface area contributed by atoms with Crippen LogP contribution in [0.2, 0.25) is 0 Å². The van der Waals surface area contributed by atoms with Crippen molar-refractivity contribution in [1.29, 1.82) is 0 Å². The van der Waals surface area contributed by atoms with Crippen LogP contribution in [0, 0.1) is 0 Å². The molecule has 1 heterocycles. The first-order valence-electron chi connectivity index (χ1n) is 5.73. The van der Waals surface area contributed by atoms with Crippen molar-refractivity contribution in [3.8, 4) is 5.75 Å². The molecule has 90 valence electrons. The first-order valence-corrected chi connectivity index (χ1v) is 6.17. The van der Waals surface area contributed by atoms with E-state index < -0.39 is 0 Å². The molecule has 0 radical (unpaired) electrons. The van der Waals surface area contributed by atoms with E-state index in [9.17, 15) is 0 Å². The summed E-state index contributed by atoms with van der Waals surface area (Å²) in [6.07, 6.45) is 3.67. The number of pyridine rings is 1. The highest BCUT2D eigenvalue weighted by Gasteiger charge is 2.04. The average Bonchev–Trinajstić information content (AvgIpc) is 2.31. The lowest BCUT2D eigenvalue weighted by Crippen LogP contribution is -2.10. The molecule has 1 aromatic rings. The molecular formula is C12H19ClN2O. The van der Waals surface area contributed by atoms with Gasteiger partial charge in [0.1, 0.15) is 0 Å². The third-order valence-corrected chi connectivity index (χ3v) is 2.79. The summed E-state index contributed by atoms with van der Waals surface area (Å²) in [7, 11) is 0. The fourth-order valence-corrected chi connectivity index (χ4v) is 1.46. The Morgan fingerprint density at radius 2 is 2.31 bits per heavy atom. The predicted molar refractivity (Wildman–Crippen MR) is 68.4 cm³/mol. The number of halogens is 1. The van der Waals surface area contributed by atoms with E-state index in [1.54, 1.807) is 6.20 Å². The summed E-state index contributed by atoms with van der Waals surface area (Å²) in [6, 6.07) is 3.78. The van der Waals surface area contributed by atoms with Gasteiger partial charge in [0, 0.05) is 18.1 Å². The Morgan fingerprint density at radius 1 is 1.50 bits per heavy atom. The molecule has 1 N–H and O–H groups in total. The molecule has 16 heavy (non-hydrogen) atoms. The van der Waals surface area contributed by atoms with Crippen molar-refractivity contribution in [3.63, 3.8) is 0 Å². The van der Waals surface area contributed by atoms with Crippen LogP contribution in [0.1, 0.15) is 26.7 Å². The van der Waals surface area contributed by atoms with Crippen molar-refractivity contribution < 1.29 is 4.74 Å². The number of anilines is 1. The molecule has 1 rings (SSSR count). The summed E-state index contributed by atoms with van der Waals surface area (Å²) in [4.78, 5) is 4.24. The quantitative estimate of drug-likeness (QED) is 0.745. The summed E-state index contributed by atoms with van der Waals surface area (Å²) < 4.78 is 5.46. The third kappa shape index (κ3) is 4.27. The van der Waals surface area contributed by atoms with E-state index in [2.05, 4.69) is 17.2 Å². The Morgan fingerprint density at radius 3 is 3.00 bits per heavy atom. The molecule has 1 unspecified atom stereocenters. The molecule has 0 saturated carbocycles. The van der Waals surface area contributed by atoms with Crippen molar-refractivity contribution >= 4 is 17.4 Å². The lowest BCUT2D eigenvalue weighted by atomic mass is 10.2. The molecule has 0 amide bonds. The minimum absolute atomic E-state index is 0.228. The maximum atomic E-state index is 6.04. The molecule has 3 nitrogen and oxygen atoms in total. The van der Waals surface area contributed by atoms with E-state index in [0.717, 1.165) is 31.0 Å². The molecule has 0 fully saturated rings. The van der Waals surface area contributed by atoms with Crippen LogP contribution in [-0.4, -0.2) is 23.5 Å². The van der Waals surface area contributed by atoms with Crippen LogP contribution in [0.3, 0.4) is 0 Å². The van der Waals surface area contributed by atoms with Gasteiger partial charge in [-0.25, -0.2) is 4.98 Å². The zero-order valence-electron chi connectivity index (χ0n) is 9.87. The molecule has 0 spiro atoms. The van der Waals surface area contributed by atoms with Gasteiger partial charge in [0.15, 0.2) is 11.6 Å². The normalized spacial score (nSPS) is 12.2. The number of rotatable bonds is 7. The highest BCUT2D eigenvalue weighted by atomic mass is 35.5. The molecule has 4 heteroatoms. The predicted octanol–water partition coefficient (Wildman–Crippen LogP) is 3.30. The topological polar surface area (TPSA) is 34.1 Å². The van der Waals surface area contributed by atoms with Gasteiger partial charge in [0.05, 0.1) is 6.61 Å². The van der Waals surface area contributed by atoms with Gasteiger partial charge < -0.3 is 10.1 Å². The lowest BCUT2D eigenvalue weighted by molar-refractivity contribution is 0.340. The van der Waals surface area contributed by atoms with Gasteiger partial charge in [0.25, 0.3) is 0 Å². The second-order valence-electron chi connectivity index (χ2n) is 3.50. The van der Waals surface area contributed by atoms with Crippen LogP contribution in [-0.2, 0) is 0 Å². The third-order valence-electron chi connectivity index (χ3n) is 2.26. The largest absolute Gasteiger partial charge is 0.490 e. The van der Waals surface area contributed by atoms with Crippen LogP contribution in [0.4, 0.5) is 5.82 Å². The van der Waals surface area contributed by atoms with Gasteiger partial charge in [-0.1, -0.05) is 6.92 Å². The fourth-order valence-electron chi connectivity index (χ4n) is 1.35. The SMILES string of the molecule is CCOc1cccnc1NCCC(Cl)CC. The van der Waals surface area contributed by atoms with Crippen LogP contribution in [0.25, 0.3) is 0 Å². The van der Waals surface area contributed by atoms with Crippen molar-refractivity contribution in [2.45, 2.75) is 32.1 Å². The molecule has 1 atom stereocenters. The summed E-state index contributed by atoms with van der Waals surface area (Å²) in [6.45, 7) is 5.51. The number of ether oxygens (including phenoxy) is 1. The standard InChI is InChI=1S/C12H19ClN2O/c1-3-10(13)7-9-15-12-11(16-4-2)6-5-8-14-12/h5-6,8,10H,3-4,7,9H2,1-2H3,(H,14,15). The first-order chi connectivity index (χ1) is 7.77. The monoisotopic (exact) mass is 242 g/mol. The number of hydrogen-bond acceptors (Lipinski definition) is 3. The van der Waals surface area contributed by atoms with Crippen molar-refractivity contribution in [2.24, 2.45) is 0 Å². The summed E-state index contributed by atoms with van der Waals surface area (Å²) in [5, 5.41) is 3.47. The summed E-state index contributed by atoms with van der Waals surface area (Å²) in [5.41, 5.74) is 0. The molecule has 0 aliphatic heterocycles. The Labute approximate surface area is 102 Å². The van der Waals surface area contributed by atoms with Gasteiger partial charge in [-0.05, 0) is 31.9 Å². The smallest absolute Gasteiger partial charge is 0.168 e. The number of nitrogens with one attached hydrogen (secondary N) is 1. The molecule has 0 aliphatic carbocycles. The zero-order chi connectivity index (χ0) is 11.8. The van der Waals surface area contributed by atoms with Gasteiger partial charge in [-0.2, -0.15) is 0 Å². The van der Waals surface area contributed by atoms with Crippen LogP contribution in [0.5, 0.6) is 5.75 Å². The molecular weight excluding hydrogens is 224 g/mol. The first kappa shape index (κ1) is 13.1. The van der Waals surface area contributed by atoms with Crippen LogP contribution < -0.4 is 10.1 Å². The van der Waals surface area contributed by atoms with Crippen LogP contribution >= 0.6 is 11.6 Å². The minimum Gasteiger partial charge on any atom is -0.490 e. The zero-order valence-corrected chi connectivity index (χ0v) is 10.6. The minimum atomic E-state index is 0.228. The highest BCUT2D eigenvalue weighted by Crippen LogP contribution is 2.20.